The van der Waals surface area contributed by atoms with E-state index in [9.17, 15) is 4.79 Å². The zero-order valence-electron chi connectivity index (χ0n) is 15.7. The van der Waals surface area contributed by atoms with Crippen LogP contribution >= 0.6 is 0 Å². The SMILES string of the molecule is O=C(CCc1cccc(-c2cn3c(n2)CCC3)c1)Cc1ccc2c(c1)OCO2. The Kier molecular flexibility index (Phi) is 4.35. The maximum Gasteiger partial charge on any atom is 0.231 e. The largest absolute Gasteiger partial charge is 0.454 e. The summed E-state index contributed by atoms with van der Waals surface area (Å²) in [6.45, 7) is 1.32. The minimum atomic E-state index is 0.227. The van der Waals surface area contributed by atoms with Crippen molar-refractivity contribution >= 4 is 5.78 Å². The Bertz CT molecular complexity index is 1020. The molecule has 0 fully saturated rings. The second-order valence-electron chi connectivity index (χ2n) is 7.44. The first kappa shape index (κ1) is 17.0. The predicted molar refractivity (Wildman–Crippen MR) is 106 cm³/mol. The Labute approximate surface area is 163 Å². The molecule has 1 aromatic heterocycles. The monoisotopic (exact) mass is 374 g/mol. The van der Waals surface area contributed by atoms with E-state index in [1.165, 1.54) is 17.8 Å². The standard InChI is InChI=1S/C23H22N2O3/c26-19(12-17-7-9-21-22(13-17)28-15-27-21)8-6-16-3-1-4-18(11-16)20-14-25-10-2-5-23(25)24-20/h1,3-4,7,9,11,13-14H,2,5-6,8,10,12,15H2. The van der Waals surface area contributed by atoms with Crippen molar-refractivity contribution in [3.63, 3.8) is 0 Å². The van der Waals surface area contributed by atoms with Crippen LogP contribution in [0.5, 0.6) is 11.5 Å². The van der Waals surface area contributed by atoms with Crippen LogP contribution in [-0.2, 0) is 30.6 Å². The molecule has 2 aliphatic rings. The third-order valence-electron chi connectivity index (χ3n) is 5.41. The predicted octanol–water partition coefficient (Wildman–Crippen LogP) is 3.97. The number of rotatable bonds is 6. The molecule has 0 saturated heterocycles. The topological polar surface area (TPSA) is 53.4 Å². The van der Waals surface area contributed by atoms with E-state index in [1.807, 2.05) is 18.2 Å². The number of fused-ring (bicyclic) bond motifs is 2. The normalized spacial score (nSPS) is 14.3. The Hall–Kier alpha value is -3.08. The van der Waals surface area contributed by atoms with E-state index in [2.05, 4.69) is 35.0 Å². The summed E-state index contributed by atoms with van der Waals surface area (Å²) in [5.41, 5.74) is 4.30. The van der Waals surface area contributed by atoms with E-state index in [0.29, 0.717) is 12.8 Å². The molecule has 0 bridgehead atoms. The van der Waals surface area contributed by atoms with Gasteiger partial charge < -0.3 is 14.0 Å². The van der Waals surface area contributed by atoms with Crippen LogP contribution in [0.1, 0.15) is 29.8 Å². The summed E-state index contributed by atoms with van der Waals surface area (Å²) in [6, 6.07) is 14.1. The molecule has 0 spiro atoms. The van der Waals surface area contributed by atoms with Crippen LogP contribution in [0.15, 0.2) is 48.7 Å². The van der Waals surface area contributed by atoms with Crippen molar-refractivity contribution in [3.8, 4) is 22.8 Å². The molecule has 0 unspecified atom stereocenters. The maximum absolute atomic E-state index is 12.4. The molecule has 3 heterocycles. The number of aryl methyl sites for hydroxylation is 3. The molecular weight excluding hydrogens is 352 g/mol. The molecule has 142 valence electrons. The summed E-state index contributed by atoms with van der Waals surface area (Å²) in [7, 11) is 0. The first-order valence-corrected chi connectivity index (χ1v) is 9.80. The van der Waals surface area contributed by atoms with Gasteiger partial charge in [-0.15, -0.1) is 0 Å². The molecular formula is C23H22N2O3. The van der Waals surface area contributed by atoms with Gasteiger partial charge in [-0.3, -0.25) is 4.79 Å². The molecule has 0 amide bonds. The van der Waals surface area contributed by atoms with Crippen LogP contribution in [0, 0.1) is 0 Å². The third-order valence-corrected chi connectivity index (χ3v) is 5.41. The molecule has 5 rings (SSSR count). The fourth-order valence-electron chi connectivity index (χ4n) is 3.93. The van der Waals surface area contributed by atoms with Crippen molar-refractivity contribution in [1.29, 1.82) is 0 Å². The number of Topliss-reactive ketones (excluding diaryl/α,β-unsaturated/α-hetero) is 1. The molecule has 5 heteroatoms. The maximum atomic E-state index is 12.4. The third kappa shape index (κ3) is 3.40. The van der Waals surface area contributed by atoms with Gasteiger partial charge in [-0.25, -0.2) is 4.98 Å². The highest BCUT2D eigenvalue weighted by Crippen LogP contribution is 2.32. The lowest BCUT2D eigenvalue weighted by Gasteiger charge is -2.05. The average Bonchev–Trinajstić information content (AvgIpc) is 3.42. The Morgan fingerprint density at radius 2 is 2.00 bits per heavy atom. The minimum absolute atomic E-state index is 0.227. The lowest BCUT2D eigenvalue weighted by molar-refractivity contribution is -0.118. The first-order chi connectivity index (χ1) is 13.7. The van der Waals surface area contributed by atoms with E-state index in [1.54, 1.807) is 0 Å². The molecule has 3 aromatic rings. The Morgan fingerprint density at radius 3 is 2.93 bits per heavy atom. The van der Waals surface area contributed by atoms with E-state index in [-0.39, 0.29) is 12.6 Å². The fraction of sp³-hybridized carbons (Fsp3) is 0.304. The molecule has 0 radical (unpaired) electrons. The second-order valence-corrected chi connectivity index (χ2v) is 7.44. The van der Waals surface area contributed by atoms with E-state index < -0.39 is 0 Å². The number of benzene rings is 2. The highest BCUT2D eigenvalue weighted by molar-refractivity contribution is 5.81. The number of ether oxygens (including phenoxy) is 2. The molecule has 2 aromatic carbocycles. The van der Waals surface area contributed by atoms with E-state index >= 15 is 0 Å². The first-order valence-electron chi connectivity index (χ1n) is 9.80. The number of imidazole rings is 1. The minimum Gasteiger partial charge on any atom is -0.454 e. The lowest BCUT2D eigenvalue weighted by Crippen LogP contribution is -2.04. The van der Waals surface area contributed by atoms with E-state index in [0.717, 1.165) is 47.7 Å². The number of nitrogens with zero attached hydrogens (tertiary/aromatic N) is 2. The number of carbonyl (C=O) groups is 1. The summed E-state index contributed by atoms with van der Waals surface area (Å²) in [6.07, 6.45) is 6.08. The summed E-state index contributed by atoms with van der Waals surface area (Å²) in [4.78, 5) is 17.2. The fourth-order valence-corrected chi connectivity index (χ4v) is 3.93. The lowest BCUT2D eigenvalue weighted by atomic mass is 10.0. The van der Waals surface area contributed by atoms with Crippen LogP contribution in [0.25, 0.3) is 11.3 Å². The van der Waals surface area contributed by atoms with Gasteiger partial charge in [-0.05, 0) is 42.2 Å². The highest BCUT2D eigenvalue weighted by Gasteiger charge is 2.16. The van der Waals surface area contributed by atoms with Crippen LogP contribution < -0.4 is 9.47 Å². The smallest absolute Gasteiger partial charge is 0.231 e. The van der Waals surface area contributed by atoms with Crippen LogP contribution in [0.4, 0.5) is 0 Å². The summed E-state index contributed by atoms with van der Waals surface area (Å²) in [5.74, 6) is 2.88. The second kappa shape index (κ2) is 7.15. The van der Waals surface area contributed by atoms with Gasteiger partial charge in [0.25, 0.3) is 0 Å². The zero-order chi connectivity index (χ0) is 18.9. The van der Waals surface area contributed by atoms with Crippen molar-refractivity contribution in [2.45, 2.75) is 38.6 Å². The van der Waals surface area contributed by atoms with Gasteiger partial charge in [0.05, 0.1) is 5.69 Å². The van der Waals surface area contributed by atoms with Crippen LogP contribution in [-0.4, -0.2) is 22.1 Å². The van der Waals surface area contributed by atoms with Crippen molar-refractivity contribution in [3.05, 3.63) is 65.6 Å². The van der Waals surface area contributed by atoms with Gasteiger partial charge >= 0.3 is 0 Å². The van der Waals surface area contributed by atoms with Gasteiger partial charge in [0.15, 0.2) is 11.5 Å². The van der Waals surface area contributed by atoms with Crippen LogP contribution in [0.2, 0.25) is 0 Å². The molecule has 0 saturated carbocycles. The highest BCUT2D eigenvalue weighted by atomic mass is 16.7. The van der Waals surface area contributed by atoms with Gasteiger partial charge in [0.1, 0.15) is 11.6 Å². The van der Waals surface area contributed by atoms with Crippen molar-refractivity contribution in [2.75, 3.05) is 6.79 Å². The number of carbonyl (C=O) groups excluding carboxylic acids is 1. The quantitative estimate of drug-likeness (QED) is 0.655. The molecule has 2 aliphatic heterocycles. The molecule has 0 aliphatic carbocycles. The zero-order valence-corrected chi connectivity index (χ0v) is 15.7. The van der Waals surface area contributed by atoms with Gasteiger partial charge in [0, 0.05) is 37.6 Å². The number of hydrogen-bond donors (Lipinski definition) is 0. The van der Waals surface area contributed by atoms with Gasteiger partial charge in [-0.1, -0.05) is 24.3 Å². The van der Waals surface area contributed by atoms with Crippen molar-refractivity contribution in [1.82, 2.24) is 9.55 Å². The summed E-state index contributed by atoms with van der Waals surface area (Å²) >= 11 is 0. The Balaban J connectivity index is 1.22. The molecule has 5 nitrogen and oxygen atoms in total. The van der Waals surface area contributed by atoms with Crippen molar-refractivity contribution in [2.24, 2.45) is 0 Å². The summed E-state index contributed by atoms with van der Waals surface area (Å²) in [5, 5.41) is 0. The average molecular weight is 374 g/mol. The molecule has 0 N–H and O–H groups in total. The molecule has 0 atom stereocenters. The molecule has 28 heavy (non-hydrogen) atoms. The van der Waals surface area contributed by atoms with Crippen molar-refractivity contribution < 1.29 is 14.3 Å². The number of aromatic nitrogens is 2. The Morgan fingerprint density at radius 1 is 1.07 bits per heavy atom. The summed E-state index contributed by atoms with van der Waals surface area (Å²) < 4.78 is 13.0. The van der Waals surface area contributed by atoms with Crippen LogP contribution in [0.3, 0.4) is 0 Å². The van der Waals surface area contributed by atoms with Gasteiger partial charge in [-0.2, -0.15) is 0 Å². The van der Waals surface area contributed by atoms with E-state index in [4.69, 9.17) is 14.5 Å². The van der Waals surface area contributed by atoms with Gasteiger partial charge in [0.2, 0.25) is 6.79 Å². The number of hydrogen-bond acceptors (Lipinski definition) is 4. The number of ketones is 1.